The average molecular weight is 548 g/mol. The van der Waals surface area contributed by atoms with Gasteiger partial charge in [-0.2, -0.15) is 0 Å². The highest BCUT2D eigenvalue weighted by atomic mass is 127. The quantitative estimate of drug-likeness (QED) is 0.232. The van der Waals surface area contributed by atoms with E-state index in [2.05, 4.69) is 16.5 Å². The number of amides is 1. The highest BCUT2D eigenvalue weighted by molar-refractivity contribution is 14.2. The van der Waals surface area contributed by atoms with Gasteiger partial charge in [0.05, 0.1) is 23.4 Å². The van der Waals surface area contributed by atoms with E-state index in [1.54, 1.807) is 12.1 Å². The van der Waals surface area contributed by atoms with E-state index in [0.29, 0.717) is 16.1 Å². The number of halogens is 2. The molecule has 0 aliphatic carbocycles. The number of carbonyl (C=O) groups is 2. The fourth-order valence-corrected chi connectivity index (χ4v) is 3.48. The van der Waals surface area contributed by atoms with E-state index in [-0.39, 0.29) is 17.2 Å². The minimum absolute atomic E-state index is 0.178. The van der Waals surface area contributed by atoms with Crippen LogP contribution >= 0.6 is 41.7 Å². The Morgan fingerprint density at radius 1 is 1.03 bits per heavy atom. The number of ether oxygens (including phenoxy) is 1. The van der Waals surface area contributed by atoms with Crippen LogP contribution in [0.25, 0.3) is 11.1 Å². The molecule has 3 aromatic rings. The number of rotatable bonds is 4. The van der Waals surface area contributed by atoms with Crippen molar-refractivity contribution in [2.24, 2.45) is 0 Å². The van der Waals surface area contributed by atoms with Crippen LogP contribution in [-0.2, 0) is 4.74 Å². The van der Waals surface area contributed by atoms with Crippen LogP contribution in [0.2, 0.25) is 5.02 Å². The predicted molar refractivity (Wildman–Crippen MR) is 131 cm³/mol. The molecular weight excluding hydrogens is 533 g/mol. The molecule has 0 bridgehead atoms. The summed E-state index contributed by atoms with van der Waals surface area (Å²) >= 11 is 8.34. The van der Waals surface area contributed by atoms with Gasteiger partial charge in [-0.3, -0.25) is 4.79 Å². The van der Waals surface area contributed by atoms with Crippen molar-refractivity contribution < 1.29 is 14.3 Å². The first-order valence-electron chi connectivity index (χ1n) is 8.70. The topological polar surface area (TPSA) is 55.4 Å². The highest BCUT2D eigenvalue weighted by Crippen LogP contribution is 2.27. The normalized spacial score (nSPS) is 9.97. The Bertz CT molecular complexity index is 1160. The summed E-state index contributed by atoms with van der Waals surface area (Å²) in [5.41, 5.74) is 3.28. The van der Waals surface area contributed by atoms with Gasteiger partial charge in [-0.25, -0.2) is 4.79 Å². The molecule has 0 atom stereocenters. The van der Waals surface area contributed by atoms with Crippen molar-refractivity contribution in [2.45, 2.75) is 0 Å². The number of carbonyl (C=O) groups excluding carboxylic acids is 2. The molecule has 0 unspecified atom stereocenters. The Morgan fingerprint density at radius 3 is 2.47 bits per heavy atom. The number of hydrogen-bond donors (Lipinski definition) is 1. The van der Waals surface area contributed by atoms with Crippen LogP contribution in [0.1, 0.15) is 26.3 Å². The maximum Gasteiger partial charge on any atom is 0.340 e. The van der Waals surface area contributed by atoms with E-state index in [9.17, 15) is 9.59 Å². The lowest BCUT2D eigenvalue weighted by molar-refractivity contribution is 0.0602. The van der Waals surface area contributed by atoms with Crippen molar-refractivity contribution in [2.75, 3.05) is 12.4 Å². The van der Waals surface area contributed by atoms with E-state index < -0.39 is 5.97 Å². The molecule has 0 spiro atoms. The number of benzene rings is 3. The van der Waals surface area contributed by atoms with E-state index in [4.69, 9.17) is 16.3 Å². The Hall–Kier alpha value is -2.47. The zero-order chi connectivity index (χ0) is 21.5. The molecule has 3 rings (SSSR count). The summed E-state index contributed by atoms with van der Waals surface area (Å²) in [5, 5.41) is 5.92. The van der Waals surface area contributed by atoms with E-state index in [0.717, 1.165) is 11.1 Å². The van der Waals surface area contributed by atoms with Crippen LogP contribution in [0, 0.1) is 11.2 Å². The molecular formula is C23H15ClINO3S. The van der Waals surface area contributed by atoms with Gasteiger partial charge < -0.3 is 10.1 Å². The van der Waals surface area contributed by atoms with E-state index in [1.165, 1.54) is 28.2 Å². The maximum atomic E-state index is 12.9. The second kappa shape index (κ2) is 10.5. The first kappa shape index (κ1) is 22.2. The third-order valence-electron chi connectivity index (χ3n) is 4.22. The molecule has 0 aliphatic rings. The molecule has 1 amide bonds. The van der Waals surface area contributed by atoms with Gasteiger partial charge in [0.25, 0.3) is 5.91 Å². The molecule has 1 N–H and O–H groups in total. The van der Waals surface area contributed by atoms with Crippen LogP contribution < -0.4 is 5.32 Å². The molecule has 0 saturated heterocycles. The SMILES string of the molecule is COC(=O)c1cc(C#CSI)c(Cl)cc1NC(=O)c1cccc(-c2ccccc2)c1. The van der Waals surface area contributed by atoms with Crippen molar-refractivity contribution >= 4 is 59.3 Å². The van der Waals surface area contributed by atoms with Gasteiger partial charge in [0.2, 0.25) is 0 Å². The highest BCUT2D eigenvalue weighted by Gasteiger charge is 2.18. The zero-order valence-corrected chi connectivity index (χ0v) is 19.5. The summed E-state index contributed by atoms with van der Waals surface area (Å²) in [7, 11) is 2.58. The van der Waals surface area contributed by atoms with Gasteiger partial charge in [-0.05, 0) is 49.6 Å². The number of esters is 1. The number of methoxy groups -OCH3 is 1. The molecule has 0 saturated carbocycles. The summed E-state index contributed by atoms with van der Waals surface area (Å²) in [6.07, 6.45) is 0. The lowest BCUT2D eigenvalue weighted by Crippen LogP contribution is -2.16. The molecule has 0 aromatic heterocycles. The standard InChI is InChI=1S/C23H15ClINO3S/c1-29-23(28)19-13-17(10-11-30-25)20(24)14-21(19)26-22(27)18-9-5-8-16(12-18)15-6-3-2-4-7-15/h2-9,12-14H,1H3,(H,26,27). The Kier molecular flexibility index (Phi) is 7.80. The molecule has 0 radical (unpaired) electrons. The van der Waals surface area contributed by atoms with Gasteiger partial charge in [0, 0.05) is 32.3 Å². The summed E-state index contributed by atoms with van der Waals surface area (Å²) < 4.78 is 4.85. The minimum Gasteiger partial charge on any atom is -0.465 e. The number of anilines is 1. The fourth-order valence-electron chi connectivity index (χ4n) is 2.79. The first-order chi connectivity index (χ1) is 14.5. The summed E-state index contributed by atoms with van der Waals surface area (Å²) in [4.78, 5) is 25.1. The smallest absolute Gasteiger partial charge is 0.340 e. The summed E-state index contributed by atoms with van der Waals surface area (Å²) in [5.74, 6) is 1.92. The van der Waals surface area contributed by atoms with Crippen LogP contribution in [0.5, 0.6) is 0 Å². The Balaban J connectivity index is 1.95. The largest absolute Gasteiger partial charge is 0.465 e. The number of nitrogens with one attached hydrogen (secondary N) is 1. The van der Waals surface area contributed by atoms with Crippen molar-refractivity contribution in [3.63, 3.8) is 0 Å². The molecule has 0 fully saturated rings. The van der Waals surface area contributed by atoms with Crippen LogP contribution in [0.15, 0.2) is 66.7 Å². The minimum atomic E-state index is -0.592. The van der Waals surface area contributed by atoms with Gasteiger partial charge in [-0.1, -0.05) is 60.0 Å². The van der Waals surface area contributed by atoms with Crippen LogP contribution in [0.4, 0.5) is 5.69 Å². The summed E-state index contributed by atoms with van der Waals surface area (Å²) in [6.45, 7) is 0. The molecule has 0 aliphatic heterocycles. The Morgan fingerprint density at radius 2 is 1.77 bits per heavy atom. The molecule has 30 heavy (non-hydrogen) atoms. The van der Waals surface area contributed by atoms with Crippen LogP contribution in [0.3, 0.4) is 0 Å². The molecule has 4 nitrogen and oxygen atoms in total. The second-order valence-corrected chi connectivity index (χ2v) is 8.16. The third kappa shape index (κ3) is 5.36. The van der Waals surface area contributed by atoms with Gasteiger partial charge >= 0.3 is 5.97 Å². The average Bonchev–Trinajstić information content (AvgIpc) is 2.78. The van der Waals surface area contributed by atoms with E-state index in [1.807, 2.05) is 63.7 Å². The fraction of sp³-hybridized carbons (Fsp3) is 0.0435. The third-order valence-corrected chi connectivity index (χ3v) is 5.37. The van der Waals surface area contributed by atoms with Crippen molar-refractivity contribution in [3.05, 3.63) is 88.4 Å². The van der Waals surface area contributed by atoms with Crippen molar-refractivity contribution in [1.82, 2.24) is 0 Å². The van der Waals surface area contributed by atoms with Gasteiger partial charge in [-0.15, -0.1) is 0 Å². The van der Waals surface area contributed by atoms with Crippen molar-refractivity contribution in [3.8, 4) is 22.3 Å². The summed E-state index contributed by atoms with van der Waals surface area (Å²) in [6, 6.07) is 20.0. The molecule has 3 aromatic carbocycles. The van der Waals surface area contributed by atoms with Crippen molar-refractivity contribution in [1.29, 1.82) is 0 Å². The lowest BCUT2D eigenvalue weighted by Gasteiger charge is -2.12. The first-order valence-corrected chi connectivity index (χ1v) is 12.4. The molecule has 150 valence electrons. The lowest BCUT2D eigenvalue weighted by atomic mass is 10.0. The number of hydrogen-bond acceptors (Lipinski definition) is 4. The zero-order valence-electron chi connectivity index (χ0n) is 15.7. The molecule has 0 heterocycles. The monoisotopic (exact) mass is 547 g/mol. The van der Waals surface area contributed by atoms with Gasteiger partial charge in [0.1, 0.15) is 0 Å². The maximum absolute atomic E-state index is 12.9. The van der Waals surface area contributed by atoms with Crippen LogP contribution in [-0.4, -0.2) is 19.0 Å². The van der Waals surface area contributed by atoms with E-state index >= 15 is 0 Å². The molecule has 7 heteroatoms. The Labute approximate surface area is 195 Å². The predicted octanol–water partition coefficient (Wildman–Crippen LogP) is 6.44. The second-order valence-electron chi connectivity index (χ2n) is 6.07. The van der Waals surface area contributed by atoms with Gasteiger partial charge in [0.15, 0.2) is 0 Å².